The number of carboxylic acid groups (broad SMARTS) is 1. The molecule has 11 atom stereocenters. The molecule has 2 saturated heterocycles. The number of aliphatic hydroxyl groups is 6. The normalized spacial score (nSPS) is 34.9. The average Bonchev–Trinajstić information content (AvgIpc) is 3.16. The van der Waals surface area contributed by atoms with Crippen molar-refractivity contribution in [3.8, 4) is 0 Å². The molecule has 0 bridgehead atoms. The fourth-order valence-corrected chi connectivity index (χ4v) is 5.00. The van der Waals surface area contributed by atoms with Crippen LogP contribution in [0.15, 0.2) is 17.1 Å². The van der Waals surface area contributed by atoms with Crippen LogP contribution >= 0.6 is 7.82 Å². The molecule has 0 aromatic carbocycles. The van der Waals surface area contributed by atoms with Gasteiger partial charge in [-0.1, -0.05) is 0 Å². The molecule has 0 saturated carbocycles. The Bertz CT molecular complexity index is 1220. The van der Waals surface area contributed by atoms with Crippen molar-refractivity contribution in [1.82, 2.24) is 9.55 Å². The maximum absolute atomic E-state index is 12.6. The number of hydrogen-bond donors (Lipinski definition) is 7. The number of nitrogen functional groups attached to an aromatic ring is 1. The molecular formula is C20H28N3O17P-2. The molecule has 1 aromatic rings. The lowest BCUT2D eigenvalue weighted by Gasteiger charge is -2.48. The number of carboxylic acids is 1. The topological polar surface area (TPSA) is 326 Å². The number of nitrogens with two attached hydrogens (primary N) is 1. The predicted molar refractivity (Wildman–Crippen MR) is 121 cm³/mol. The van der Waals surface area contributed by atoms with Crippen molar-refractivity contribution in [3.63, 3.8) is 0 Å². The number of rotatable bonds is 11. The van der Waals surface area contributed by atoms with Gasteiger partial charge in [0.2, 0.25) is 5.79 Å². The molecule has 2 aliphatic rings. The molecule has 21 heteroatoms. The fraction of sp³-hybridized carbons (Fsp3) is 0.700. The van der Waals surface area contributed by atoms with Crippen molar-refractivity contribution in [3.05, 3.63) is 22.7 Å². The van der Waals surface area contributed by atoms with Gasteiger partial charge in [0.05, 0.1) is 12.7 Å². The molecule has 0 amide bonds. The molecule has 232 valence electrons. The summed E-state index contributed by atoms with van der Waals surface area (Å²) in [6.45, 7) is -0.980. The van der Waals surface area contributed by atoms with Gasteiger partial charge in [0, 0.05) is 19.5 Å². The number of phosphoric acid groups is 1. The Morgan fingerprint density at radius 2 is 1.93 bits per heavy atom. The molecule has 3 heterocycles. The average molecular weight is 613 g/mol. The lowest BCUT2D eigenvalue weighted by molar-refractivity contribution is -0.383. The highest BCUT2D eigenvalue weighted by atomic mass is 31.2. The summed E-state index contributed by atoms with van der Waals surface area (Å²) in [6, 6.07) is 1.18. The molecule has 8 N–H and O–H groups in total. The van der Waals surface area contributed by atoms with Crippen LogP contribution in [0.2, 0.25) is 0 Å². The quantitative estimate of drug-likeness (QED) is 0.0900. The molecular weight excluding hydrogens is 585 g/mol. The minimum Gasteiger partial charge on any atom is -0.756 e. The van der Waals surface area contributed by atoms with E-state index in [1.807, 2.05) is 0 Å². The largest absolute Gasteiger partial charge is 0.756 e. The summed E-state index contributed by atoms with van der Waals surface area (Å²) >= 11 is 0. The second kappa shape index (κ2) is 12.7. The number of esters is 1. The highest BCUT2D eigenvalue weighted by molar-refractivity contribution is 7.45. The van der Waals surface area contributed by atoms with E-state index in [2.05, 4.69) is 18.8 Å². The van der Waals surface area contributed by atoms with Crippen LogP contribution in [0.5, 0.6) is 0 Å². The van der Waals surface area contributed by atoms with Crippen molar-refractivity contribution in [1.29, 1.82) is 0 Å². The Labute approximate surface area is 229 Å². The number of carbonyl (C=O) groups excluding carboxylic acids is 2. The molecule has 1 aromatic heterocycles. The minimum absolute atomic E-state index is 0.151. The summed E-state index contributed by atoms with van der Waals surface area (Å²) in [5.41, 5.74) is 4.42. The maximum Gasteiger partial charge on any atom is 0.351 e. The lowest BCUT2D eigenvalue weighted by atomic mass is 9.91. The first-order chi connectivity index (χ1) is 19.0. The number of hydrogen-bond acceptors (Lipinski definition) is 19. The van der Waals surface area contributed by atoms with E-state index in [9.17, 15) is 59.6 Å². The first-order valence-electron chi connectivity index (χ1n) is 11.8. The van der Waals surface area contributed by atoms with Crippen molar-refractivity contribution >= 4 is 25.6 Å². The molecule has 0 radical (unpaired) electrons. The van der Waals surface area contributed by atoms with E-state index in [0.717, 1.165) is 17.7 Å². The monoisotopic (exact) mass is 613 g/mol. The number of aliphatic carboxylic acids is 1. The number of phosphoric ester groups is 1. The number of aliphatic hydroxyl groups excluding tert-OH is 6. The Balaban J connectivity index is 1.73. The van der Waals surface area contributed by atoms with Crippen LogP contribution in [0, 0.1) is 0 Å². The van der Waals surface area contributed by atoms with Gasteiger partial charge in [-0.3, -0.25) is 18.5 Å². The third kappa shape index (κ3) is 7.44. The zero-order valence-corrected chi connectivity index (χ0v) is 22.0. The van der Waals surface area contributed by atoms with Crippen molar-refractivity contribution < 1.29 is 78.1 Å². The van der Waals surface area contributed by atoms with Crippen molar-refractivity contribution in [2.24, 2.45) is 0 Å². The van der Waals surface area contributed by atoms with Crippen LogP contribution in [-0.2, 0) is 37.4 Å². The number of carbonyl (C=O) groups is 2. The van der Waals surface area contributed by atoms with Crippen LogP contribution in [-0.4, -0.2) is 120 Å². The zero-order valence-electron chi connectivity index (χ0n) is 21.1. The van der Waals surface area contributed by atoms with Gasteiger partial charge >= 0.3 is 11.7 Å². The van der Waals surface area contributed by atoms with Crippen LogP contribution in [0.3, 0.4) is 0 Å². The summed E-state index contributed by atoms with van der Waals surface area (Å²) in [5, 5.41) is 73.2. The molecule has 0 spiro atoms. The highest BCUT2D eigenvalue weighted by Crippen LogP contribution is 2.48. The number of nitrogens with zero attached hydrogens (tertiary/aromatic N) is 2. The van der Waals surface area contributed by atoms with Gasteiger partial charge < -0.3 is 69.9 Å². The van der Waals surface area contributed by atoms with Gasteiger partial charge in [0.1, 0.15) is 61.1 Å². The molecule has 1 unspecified atom stereocenters. The number of anilines is 1. The van der Waals surface area contributed by atoms with Crippen molar-refractivity contribution in [2.75, 3.05) is 18.9 Å². The zero-order chi connectivity index (χ0) is 30.9. The van der Waals surface area contributed by atoms with E-state index in [4.69, 9.17) is 15.2 Å². The van der Waals surface area contributed by atoms with E-state index >= 15 is 0 Å². The first-order valence-corrected chi connectivity index (χ1v) is 13.2. The van der Waals surface area contributed by atoms with Gasteiger partial charge in [-0.05, 0) is 6.07 Å². The Hall–Kier alpha value is -2.59. The molecule has 41 heavy (non-hydrogen) atoms. The molecule has 2 aliphatic heterocycles. The van der Waals surface area contributed by atoms with Gasteiger partial charge in [0.25, 0.3) is 7.82 Å². The van der Waals surface area contributed by atoms with Crippen LogP contribution < -0.4 is 21.4 Å². The Morgan fingerprint density at radius 1 is 1.27 bits per heavy atom. The summed E-state index contributed by atoms with van der Waals surface area (Å²) in [7, 11) is -5.81. The number of ether oxygens (including phenoxy) is 3. The number of aromatic nitrogens is 2. The Kier molecular flexibility index (Phi) is 10.2. The minimum atomic E-state index is -5.81. The molecule has 3 rings (SSSR count). The standard InChI is InChI=1S/C20H30N3O17P/c1-7(24)36-5-9(26)13(28)16-12(27)8(25)4-20(39-16,18(31)32)40-41(34,35)37-6-10-14(29)15(30)17(38-10)23-3-2-11(21)22-19(23)33/h2-3,8-10,12-17,25-30H,4-6H2,1H3,(H,31,32)(H,34,35)(H2,21,22,33)/p-2/t8-,9+,10+,12+,13+,14+,15+,16+,17+,20+/m0/s1. The summed E-state index contributed by atoms with van der Waals surface area (Å²) in [6.07, 6.45) is -17.7. The fourth-order valence-electron chi connectivity index (χ4n) is 4.06. The van der Waals surface area contributed by atoms with Crippen molar-refractivity contribution in [2.45, 2.75) is 74.2 Å². The summed E-state index contributed by atoms with van der Waals surface area (Å²) in [5.74, 6) is -6.84. The summed E-state index contributed by atoms with van der Waals surface area (Å²) < 4.78 is 37.3. The summed E-state index contributed by atoms with van der Waals surface area (Å²) in [4.78, 5) is 51.0. The molecule has 20 nitrogen and oxygen atoms in total. The van der Waals surface area contributed by atoms with E-state index < -0.39 is 106 Å². The first kappa shape index (κ1) is 32.9. The van der Waals surface area contributed by atoms with Gasteiger partial charge in [-0.25, -0.2) is 4.79 Å². The van der Waals surface area contributed by atoms with Crippen LogP contribution in [0.25, 0.3) is 0 Å². The lowest BCUT2D eigenvalue weighted by Crippen LogP contribution is -2.66. The Morgan fingerprint density at radius 3 is 2.51 bits per heavy atom. The van der Waals surface area contributed by atoms with Gasteiger partial charge in [-0.2, -0.15) is 4.98 Å². The molecule has 2 fully saturated rings. The van der Waals surface area contributed by atoms with E-state index in [0.29, 0.717) is 0 Å². The van der Waals surface area contributed by atoms with E-state index in [1.54, 1.807) is 0 Å². The molecule has 0 aliphatic carbocycles. The second-order valence-electron chi connectivity index (χ2n) is 9.17. The van der Waals surface area contributed by atoms with Gasteiger partial charge in [0.15, 0.2) is 6.23 Å². The van der Waals surface area contributed by atoms with Gasteiger partial charge in [-0.15, -0.1) is 0 Å². The third-order valence-corrected chi connectivity index (χ3v) is 7.14. The second-order valence-corrected chi connectivity index (χ2v) is 10.5. The van der Waals surface area contributed by atoms with Crippen LogP contribution in [0.1, 0.15) is 19.6 Å². The smallest absolute Gasteiger partial charge is 0.351 e. The highest BCUT2D eigenvalue weighted by Gasteiger charge is 2.54. The maximum atomic E-state index is 12.6. The third-order valence-electron chi connectivity index (χ3n) is 6.15. The van der Waals surface area contributed by atoms with E-state index in [1.165, 1.54) is 6.07 Å². The predicted octanol–water partition coefficient (Wildman–Crippen LogP) is -6.81. The van der Waals surface area contributed by atoms with Crippen LogP contribution in [0.4, 0.5) is 5.82 Å². The van der Waals surface area contributed by atoms with E-state index in [-0.39, 0.29) is 5.82 Å². The SMILES string of the molecule is CC(=O)OC[C@@H](O)[C@@H](O)[C@@H]1O[C@](OP(=O)([O-])OC[C@H]2O[C@@H](n3ccc(N)nc3=O)[C@H](O)[C@@H]2O)(C(=O)[O-])C[C@H](O)[C@H]1O.